The van der Waals surface area contributed by atoms with Crippen LogP contribution in [0.2, 0.25) is 0 Å². The van der Waals surface area contributed by atoms with E-state index in [9.17, 15) is 0 Å². The fourth-order valence-corrected chi connectivity index (χ4v) is 2.63. The van der Waals surface area contributed by atoms with E-state index in [1.807, 2.05) is 18.2 Å². The molecular weight excluding hydrogens is 206 g/mol. The number of hydrogen-bond acceptors (Lipinski definition) is 4. The van der Waals surface area contributed by atoms with Gasteiger partial charge in [-0.15, -0.1) is 0 Å². The molecule has 1 saturated carbocycles. The van der Waals surface area contributed by atoms with Gasteiger partial charge in [-0.25, -0.2) is 0 Å². The van der Waals surface area contributed by atoms with Gasteiger partial charge in [0.25, 0.3) is 0 Å². The molecule has 3 nitrogen and oxygen atoms in total. The zero-order valence-corrected chi connectivity index (χ0v) is 9.18. The molecule has 0 atom stereocenters. The molecule has 0 saturated heterocycles. The Labute approximate surface area is 92.5 Å². The largest absolute Gasteiger partial charge is 0.368 e. The molecule has 78 valence electrons. The highest BCUT2D eigenvalue weighted by Gasteiger charge is 2.41. The van der Waals surface area contributed by atoms with Crippen molar-refractivity contribution in [3.8, 4) is 0 Å². The number of benzene rings is 1. The quantitative estimate of drug-likeness (QED) is 0.832. The highest BCUT2D eigenvalue weighted by Crippen LogP contribution is 2.40. The molecule has 15 heavy (non-hydrogen) atoms. The average molecular weight is 219 g/mol. The van der Waals surface area contributed by atoms with Crippen LogP contribution in [-0.2, 0) is 0 Å². The first-order chi connectivity index (χ1) is 7.33. The van der Waals surface area contributed by atoms with Gasteiger partial charge in [0.1, 0.15) is 5.00 Å². The van der Waals surface area contributed by atoms with Gasteiger partial charge in [-0.2, -0.15) is 4.37 Å². The summed E-state index contributed by atoms with van der Waals surface area (Å²) in [7, 11) is 0. The standard InChI is InChI=1S/C11H13N3S/c12-7-11(5-6-11)13-10-8-3-1-2-4-9(8)14-15-10/h1-4,13H,5-7,12H2. The SMILES string of the molecule is NCC1(Nc2snc3ccccc23)CC1. The van der Waals surface area contributed by atoms with Crippen molar-refractivity contribution in [3.63, 3.8) is 0 Å². The highest BCUT2D eigenvalue weighted by atomic mass is 32.1. The maximum atomic E-state index is 5.75. The van der Waals surface area contributed by atoms with Crippen molar-refractivity contribution in [2.24, 2.45) is 5.73 Å². The van der Waals surface area contributed by atoms with Crippen molar-refractivity contribution in [2.45, 2.75) is 18.4 Å². The summed E-state index contributed by atoms with van der Waals surface area (Å²) in [6.07, 6.45) is 2.35. The molecule has 0 unspecified atom stereocenters. The molecule has 1 aliphatic carbocycles. The Hall–Kier alpha value is -1.13. The monoisotopic (exact) mass is 219 g/mol. The number of nitrogens with one attached hydrogen (secondary N) is 1. The maximum Gasteiger partial charge on any atom is 0.117 e. The Bertz CT molecular complexity index is 487. The predicted octanol–water partition coefficient (Wildman–Crippen LogP) is 2.20. The molecule has 0 spiro atoms. The Morgan fingerprint density at radius 2 is 2.20 bits per heavy atom. The molecule has 3 N–H and O–H groups in total. The van der Waals surface area contributed by atoms with Crippen molar-refractivity contribution in [3.05, 3.63) is 24.3 Å². The van der Waals surface area contributed by atoms with Gasteiger partial charge in [-0.05, 0) is 36.5 Å². The molecule has 3 rings (SSSR count). The number of fused-ring (bicyclic) bond motifs is 1. The van der Waals surface area contributed by atoms with Crippen molar-refractivity contribution >= 4 is 27.4 Å². The van der Waals surface area contributed by atoms with E-state index >= 15 is 0 Å². The normalized spacial score (nSPS) is 17.9. The smallest absolute Gasteiger partial charge is 0.117 e. The van der Waals surface area contributed by atoms with Gasteiger partial charge >= 0.3 is 0 Å². The van der Waals surface area contributed by atoms with E-state index in [1.54, 1.807) is 0 Å². The Morgan fingerprint density at radius 3 is 2.93 bits per heavy atom. The number of rotatable bonds is 3. The van der Waals surface area contributed by atoms with Crippen LogP contribution in [0, 0.1) is 0 Å². The second kappa shape index (κ2) is 3.18. The Balaban J connectivity index is 1.98. The van der Waals surface area contributed by atoms with Crippen LogP contribution >= 0.6 is 11.5 Å². The number of hydrogen-bond donors (Lipinski definition) is 2. The molecule has 0 aliphatic heterocycles. The van der Waals surface area contributed by atoms with Gasteiger partial charge in [-0.3, -0.25) is 0 Å². The predicted molar refractivity (Wildman–Crippen MR) is 64.3 cm³/mol. The summed E-state index contributed by atoms with van der Waals surface area (Å²) in [5.74, 6) is 0. The lowest BCUT2D eigenvalue weighted by Crippen LogP contribution is -2.30. The topological polar surface area (TPSA) is 50.9 Å². The van der Waals surface area contributed by atoms with Crippen molar-refractivity contribution < 1.29 is 0 Å². The Morgan fingerprint density at radius 1 is 1.40 bits per heavy atom. The van der Waals surface area contributed by atoms with E-state index in [0.717, 1.165) is 10.5 Å². The van der Waals surface area contributed by atoms with Crippen LogP contribution in [0.5, 0.6) is 0 Å². The molecule has 2 aromatic rings. The summed E-state index contributed by atoms with van der Waals surface area (Å²) in [6, 6.07) is 8.21. The molecule has 4 heteroatoms. The molecule has 1 aromatic carbocycles. The van der Waals surface area contributed by atoms with Crippen molar-refractivity contribution in [1.82, 2.24) is 4.37 Å². The Kier molecular flexibility index (Phi) is 1.94. The van der Waals surface area contributed by atoms with Gasteiger partial charge in [0.15, 0.2) is 0 Å². The number of anilines is 1. The van der Waals surface area contributed by atoms with Crippen LogP contribution in [0.4, 0.5) is 5.00 Å². The second-order valence-electron chi connectivity index (χ2n) is 4.14. The van der Waals surface area contributed by atoms with E-state index in [1.165, 1.54) is 29.8 Å². The minimum atomic E-state index is 0.162. The third-order valence-corrected chi connectivity index (χ3v) is 3.80. The van der Waals surface area contributed by atoms with E-state index in [0.29, 0.717) is 6.54 Å². The third-order valence-electron chi connectivity index (χ3n) is 3.01. The summed E-state index contributed by atoms with van der Waals surface area (Å²) >= 11 is 1.53. The van der Waals surface area contributed by atoms with Gasteiger partial charge in [0.05, 0.1) is 11.1 Å². The fraction of sp³-hybridized carbons (Fsp3) is 0.364. The minimum absolute atomic E-state index is 0.162. The second-order valence-corrected chi connectivity index (χ2v) is 4.91. The molecule has 1 aliphatic rings. The van der Waals surface area contributed by atoms with Crippen molar-refractivity contribution in [1.29, 1.82) is 0 Å². The lowest BCUT2D eigenvalue weighted by atomic mass is 10.2. The first-order valence-electron chi connectivity index (χ1n) is 5.16. The lowest BCUT2D eigenvalue weighted by molar-refractivity contribution is 0.746. The summed E-state index contributed by atoms with van der Waals surface area (Å²) in [5, 5.41) is 5.90. The first-order valence-corrected chi connectivity index (χ1v) is 5.93. The third kappa shape index (κ3) is 1.50. The lowest BCUT2D eigenvalue weighted by Gasteiger charge is -2.14. The van der Waals surface area contributed by atoms with Crippen LogP contribution in [-0.4, -0.2) is 16.5 Å². The molecular formula is C11H13N3S. The average Bonchev–Trinajstić information content (AvgIpc) is 2.95. The number of nitrogens with zero attached hydrogens (tertiary/aromatic N) is 1. The summed E-state index contributed by atoms with van der Waals surface area (Å²) < 4.78 is 4.40. The summed E-state index contributed by atoms with van der Waals surface area (Å²) in [5.41, 5.74) is 6.98. The highest BCUT2D eigenvalue weighted by molar-refractivity contribution is 7.11. The van der Waals surface area contributed by atoms with Gasteiger partial charge in [-0.1, -0.05) is 12.1 Å². The fourth-order valence-electron chi connectivity index (χ4n) is 1.75. The summed E-state index contributed by atoms with van der Waals surface area (Å²) in [6.45, 7) is 0.708. The van der Waals surface area contributed by atoms with E-state index in [-0.39, 0.29) is 5.54 Å². The molecule has 1 heterocycles. The summed E-state index contributed by atoms with van der Waals surface area (Å²) in [4.78, 5) is 0. The number of aromatic nitrogens is 1. The molecule has 0 bridgehead atoms. The van der Waals surface area contributed by atoms with E-state index in [2.05, 4.69) is 15.8 Å². The molecule has 0 amide bonds. The van der Waals surface area contributed by atoms with Crippen LogP contribution < -0.4 is 11.1 Å². The molecule has 0 radical (unpaired) electrons. The van der Waals surface area contributed by atoms with E-state index in [4.69, 9.17) is 5.73 Å². The number of nitrogens with two attached hydrogens (primary N) is 1. The maximum absolute atomic E-state index is 5.75. The van der Waals surface area contributed by atoms with Crippen LogP contribution in [0.15, 0.2) is 24.3 Å². The van der Waals surface area contributed by atoms with Crippen molar-refractivity contribution in [2.75, 3.05) is 11.9 Å². The molecule has 1 fully saturated rings. The van der Waals surface area contributed by atoms with Crippen LogP contribution in [0.3, 0.4) is 0 Å². The van der Waals surface area contributed by atoms with Crippen LogP contribution in [0.1, 0.15) is 12.8 Å². The zero-order valence-electron chi connectivity index (χ0n) is 8.36. The first kappa shape index (κ1) is 9.12. The van der Waals surface area contributed by atoms with Gasteiger partial charge < -0.3 is 11.1 Å². The van der Waals surface area contributed by atoms with Gasteiger partial charge in [0.2, 0.25) is 0 Å². The zero-order chi connectivity index (χ0) is 10.3. The minimum Gasteiger partial charge on any atom is -0.368 e. The van der Waals surface area contributed by atoms with E-state index < -0.39 is 0 Å². The molecule has 1 aromatic heterocycles. The van der Waals surface area contributed by atoms with Crippen LogP contribution in [0.25, 0.3) is 10.9 Å². The van der Waals surface area contributed by atoms with Gasteiger partial charge in [0, 0.05) is 11.9 Å².